The van der Waals surface area contributed by atoms with Gasteiger partial charge in [0.1, 0.15) is 0 Å². The number of carbonyl (C=O) groups is 1. The normalized spacial score (nSPS) is 23.3. The third-order valence-corrected chi connectivity index (χ3v) is 6.90. The summed E-state index contributed by atoms with van der Waals surface area (Å²) < 4.78 is 7.74. The summed E-state index contributed by atoms with van der Waals surface area (Å²) in [6, 6.07) is 8.41. The van der Waals surface area contributed by atoms with Gasteiger partial charge in [-0.25, -0.2) is 0 Å². The maximum atomic E-state index is 13.4. The van der Waals surface area contributed by atoms with Gasteiger partial charge in [-0.3, -0.25) is 9.69 Å². The highest BCUT2D eigenvalue weighted by atomic mass is 35.5. The molecule has 1 aliphatic heterocycles. The minimum atomic E-state index is 0. The summed E-state index contributed by atoms with van der Waals surface area (Å²) in [5, 5.41) is 1.13. The smallest absolute Gasteiger partial charge is 0.168 e. The molecule has 1 saturated carbocycles. The first kappa shape index (κ1) is 22.3. The number of rotatable bonds is 6. The van der Waals surface area contributed by atoms with E-state index >= 15 is 0 Å². The predicted octanol–water partition coefficient (Wildman–Crippen LogP) is 5.04. The van der Waals surface area contributed by atoms with Crippen LogP contribution in [0.4, 0.5) is 0 Å². The van der Waals surface area contributed by atoms with Crippen LogP contribution in [0.25, 0.3) is 10.9 Å². The molecule has 1 aromatic heterocycles. The summed E-state index contributed by atoms with van der Waals surface area (Å²) in [6.07, 6.45) is 6.62. The van der Waals surface area contributed by atoms with Gasteiger partial charge in [-0.05, 0) is 43.6 Å². The van der Waals surface area contributed by atoms with E-state index < -0.39 is 0 Å². The number of para-hydroxylation sites is 1. The topological polar surface area (TPSA) is 34.5 Å². The van der Waals surface area contributed by atoms with E-state index in [0.29, 0.717) is 5.78 Å². The van der Waals surface area contributed by atoms with Crippen molar-refractivity contribution in [2.75, 3.05) is 32.8 Å². The quantitative estimate of drug-likeness (QED) is 0.616. The molecule has 160 valence electrons. The van der Waals surface area contributed by atoms with Gasteiger partial charge in [0.25, 0.3) is 0 Å². The lowest BCUT2D eigenvalue weighted by Crippen LogP contribution is -2.38. The van der Waals surface area contributed by atoms with Crippen molar-refractivity contribution in [3.8, 4) is 0 Å². The Morgan fingerprint density at radius 2 is 1.76 bits per heavy atom. The number of Topliss-reactive ketones (excluding diaryl/α,β-unsaturated/α-hetero) is 1. The fourth-order valence-electron chi connectivity index (χ4n) is 4.97. The van der Waals surface area contributed by atoms with Crippen LogP contribution in [0.3, 0.4) is 0 Å². The Bertz CT molecular complexity index is 802. The van der Waals surface area contributed by atoms with Gasteiger partial charge >= 0.3 is 0 Å². The molecule has 2 aliphatic rings. The maximum Gasteiger partial charge on any atom is 0.168 e. The standard InChI is InChI=1S/C24H34N2O2.ClH/c1-18(2)19-7-9-20(10-8-19)24(27)22-17-26(23-6-4-3-5-21(22)23)12-11-25-13-15-28-16-14-25;/h3-6,17-20H,7-16H2,1-2H3;1H. The molecule has 0 unspecified atom stereocenters. The molecule has 1 aromatic carbocycles. The molecule has 0 spiro atoms. The molecule has 0 bridgehead atoms. The van der Waals surface area contributed by atoms with Crippen LogP contribution in [0.15, 0.2) is 30.5 Å². The second-order valence-corrected chi connectivity index (χ2v) is 8.93. The number of ether oxygens (including phenoxy) is 1. The number of morpholine rings is 1. The molecule has 0 atom stereocenters. The van der Waals surface area contributed by atoms with Crippen LogP contribution in [-0.4, -0.2) is 48.1 Å². The minimum Gasteiger partial charge on any atom is -0.379 e. The Labute approximate surface area is 181 Å². The molecule has 0 N–H and O–H groups in total. The second-order valence-electron chi connectivity index (χ2n) is 8.93. The summed E-state index contributed by atoms with van der Waals surface area (Å²) in [5.74, 6) is 2.09. The van der Waals surface area contributed by atoms with Crippen LogP contribution >= 0.6 is 12.4 Å². The van der Waals surface area contributed by atoms with Gasteiger partial charge in [-0.2, -0.15) is 0 Å². The van der Waals surface area contributed by atoms with Crippen molar-refractivity contribution in [3.05, 3.63) is 36.0 Å². The van der Waals surface area contributed by atoms with Crippen molar-refractivity contribution in [3.63, 3.8) is 0 Å². The highest BCUT2D eigenvalue weighted by Gasteiger charge is 2.29. The molecule has 4 rings (SSSR count). The minimum absolute atomic E-state index is 0. The van der Waals surface area contributed by atoms with Crippen LogP contribution in [0.1, 0.15) is 49.9 Å². The fourth-order valence-corrected chi connectivity index (χ4v) is 4.97. The highest BCUT2D eigenvalue weighted by molar-refractivity contribution is 6.09. The Hall–Kier alpha value is -1.36. The molecule has 2 fully saturated rings. The van der Waals surface area contributed by atoms with E-state index in [9.17, 15) is 4.79 Å². The van der Waals surface area contributed by atoms with E-state index in [1.807, 2.05) is 0 Å². The monoisotopic (exact) mass is 418 g/mol. The van der Waals surface area contributed by atoms with Crippen molar-refractivity contribution in [1.29, 1.82) is 0 Å². The van der Waals surface area contributed by atoms with Gasteiger partial charge in [0.15, 0.2) is 5.78 Å². The van der Waals surface area contributed by atoms with Gasteiger partial charge in [0.05, 0.1) is 13.2 Å². The van der Waals surface area contributed by atoms with E-state index in [1.165, 1.54) is 18.4 Å². The van der Waals surface area contributed by atoms with Gasteiger partial charge < -0.3 is 9.30 Å². The summed E-state index contributed by atoms with van der Waals surface area (Å²) in [6.45, 7) is 10.2. The summed E-state index contributed by atoms with van der Waals surface area (Å²) in [4.78, 5) is 15.8. The van der Waals surface area contributed by atoms with Crippen molar-refractivity contribution in [2.24, 2.45) is 17.8 Å². The van der Waals surface area contributed by atoms with Crippen LogP contribution in [0.5, 0.6) is 0 Å². The van der Waals surface area contributed by atoms with Crippen molar-refractivity contribution < 1.29 is 9.53 Å². The lowest BCUT2D eigenvalue weighted by molar-refractivity contribution is 0.0365. The Morgan fingerprint density at radius 3 is 2.45 bits per heavy atom. The molecule has 0 radical (unpaired) electrons. The number of aromatic nitrogens is 1. The number of fused-ring (bicyclic) bond motifs is 1. The van der Waals surface area contributed by atoms with Crippen molar-refractivity contribution in [1.82, 2.24) is 9.47 Å². The van der Waals surface area contributed by atoms with E-state index in [1.54, 1.807) is 0 Å². The zero-order chi connectivity index (χ0) is 19.5. The molecular weight excluding hydrogens is 384 g/mol. The number of benzene rings is 1. The van der Waals surface area contributed by atoms with E-state index in [4.69, 9.17) is 4.74 Å². The van der Waals surface area contributed by atoms with E-state index in [2.05, 4.69) is 53.8 Å². The summed E-state index contributed by atoms with van der Waals surface area (Å²) in [7, 11) is 0. The SMILES string of the molecule is CC(C)C1CCC(C(=O)c2cn(CCN3CCOCC3)c3ccccc23)CC1.Cl. The average Bonchev–Trinajstić information content (AvgIpc) is 3.11. The summed E-state index contributed by atoms with van der Waals surface area (Å²) in [5.41, 5.74) is 2.13. The fraction of sp³-hybridized carbons (Fsp3) is 0.625. The third-order valence-electron chi connectivity index (χ3n) is 6.90. The zero-order valence-corrected chi connectivity index (χ0v) is 18.6. The van der Waals surface area contributed by atoms with Crippen LogP contribution in [-0.2, 0) is 11.3 Å². The lowest BCUT2D eigenvalue weighted by Gasteiger charge is -2.30. The second kappa shape index (κ2) is 10.1. The number of carbonyl (C=O) groups excluding carboxylic acids is 1. The first-order valence-corrected chi connectivity index (χ1v) is 11.1. The van der Waals surface area contributed by atoms with Crippen LogP contribution < -0.4 is 0 Å². The number of halogens is 1. The van der Waals surface area contributed by atoms with Gasteiger partial charge in [0, 0.05) is 54.8 Å². The molecule has 0 amide bonds. The van der Waals surface area contributed by atoms with Crippen molar-refractivity contribution >= 4 is 29.1 Å². The van der Waals surface area contributed by atoms with Crippen LogP contribution in [0, 0.1) is 17.8 Å². The zero-order valence-electron chi connectivity index (χ0n) is 17.8. The molecule has 1 saturated heterocycles. The van der Waals surface area contributed by atoms with Gasteiger partial charge in [-0.1, -0.05) is 32.0 Å². The largest absolute Gasteiger partial charge is 0.379 e. The van der Waals surface area contributed by atoms with Gasteiger partial charge in [-0.15, -0.1) is 12.4 Å². The number of nitrogens with zero attached hydrogens (tertiary/aromatic N) is 2. The predicted molar refractivity (Wildman–Crippen MR) is 121 cm³/mol. The molecule has 2 heterocycles. The molecule has 2 aromatic rings. The average molecular weight is 419 g/mol. The lowest BCUT2D eigenvalue weighted by atomic mass is 9.75. The molecule has 5 heteroatoms. The first-order chi connectivity index (χ1) is 13.6. The third kappa shape index (κ3) is 5.04. The summed E-state index contributed by atoms with van der Waals surface area (Å²) >= 11 is 0. The molecule has 1 aliphatic carbocycles. The number of ketones is 1. The van der Waals surface area contributed by atoms with Crippen LogP contribution in [0.2, 0.25) is 0 Å². The highest BCUT2D eigenvalue weighted by Crippen LogP contribution is 2.36. The molecule has 29 heavy (non-hydrogen) atoms. The Kier molecular flexibility index (Phi) is 7.78. The molecule has 4 nitrogen and oxygen atoms in total. The number of hydrogen-bond acceptors (Lipinski definition) is 3. The number of hydrogen-bond donors (Lipinski definition) is 0. The molecular formula is C24H35ClN2O2. The first-order valence-electron chi connectivity index (χ1n) is 11.1. The maximum absolute atomic E-state index is 13.4. The van der Waals surface area contributed by atoms with Crippen molar-refractivity contribution in [2.45, 2.75) is 46.1 Å². The Morgan fingerprint density at radius 1 is 1.07 bits per heavy atom. The van der Waals surface area contributed by atoms with E-state index in [-0.39, 0.29) is 18.3 Å². The Balaban J connectivity index is 0.00000240. The van der Waals surface area contributed by atoms with Gasteiger partial charge in [0.2, 0.25) is 0 Å². The van der Waals surface area contributed by atoms with E-state index in [0.717, 1.165) is 75.0 Å².